The number of hydrogen-bond acceptors (Lipinski definition) is 6. The van der Waals surface area contributed by atoms with Gasteiger partial charge in [0.05, 0.1) is 19.8 Å². The van der Waals surface area contributed by atoms with Crippen molar-refractivity contribution in [3.8, 4) is 0 Å². The minimum Gasteiger partial charge on any atom is -0.465 e. The van der Waals surface area contributed by atoms with Crippen molar-refractivity contribution in [3.63, 3.8) is 0 Å². The van der Waals surface area contributed by atoms with Crippen molar-refractivity contribution in [2.45, 2.75) is 20.8 Å². The first-order valence-electron chi connectivity index (χ1n) is 5.32. The monoisotopic (exact) mass is 245 g/mol. The van der Waals surface area contributed by atoms with E-state index in [0.29, 0.717) is 0 Å². The molecule has 0 fully saturated rings. The first-order chi connectivity index (χ1) is 7.94. The van der Waals surface area contributed by atoms with Gasteiger partial charge >= 0.3 is 17.9 Å². The number of esters is 3. The highest BCUT2D eigenvalue weighted by Crippen LogP contribution is 2.22. The molecule has 17 heavy (non-hydrogen) atoms. The average Bonchev–Trinajstić information content (AvgIpc) is 2.28. The van der Waals surface area contributed by atoms with E-state index < -0.39 is 23.3 Å². The first kappa shape index (κ1) is 15.4. The summed E-state index contributed by atoms with van der Waals surface area (Å²) in [6.07, 6.45) is 0. The Hall–Kier alpha value is -1.59. The largest absolute Gasteiger partial charge is 0.465 e. The van der Waals surface area contributed by atoms with Crippen LogP contribution in [0.25, 0.3) is 0 Å². The van der Waals surface area contributed by atoms with E-state index in [4.69, 9.17) is 0 Å². The molecule has 1 radical (unpaired) electrons. The number of hydrogen-bond donors (Lipinski definition) is 0. The lowest BCUT2D eigenvalue weighted by molar-refractivity contribution is -0.179. The summed E-state index contributed by atoms with van der Waals surface area (Å²) in [6.45, 7) is 8.02. The summed E-state index contributed by atoms with van der Waals surface area (Å²) in [5.41, 5.74) is -2.30. The highest BCUT2D eigenvalue weighted by Gasteiger charge is 2.53. The van der Waals surface area contributed by atoms with Crippen molar-refractivity contribution in [1.29, 1.82) is 0 Å². The van der Waals surface area contributed by atoms with Crippen molar-refractivity contribution in [2.75, 3.05) is 19.8 Å². The molecule has 0 N–H and O–H groups in total. The van der Waals surface area contributed by atoms with Gasteiger partial charge in [0, 0.05) is 0 Å². The van der Waals surface area contributed by atoms with Crippen LogP contribution in [-0.4, -0.2) is 37.7 Å². The lowest BCUT2D eigenvalue weighted by Gasteiger charge is -2.22. The molecule has 0 aromatic heterocycles. The number of ether oxygens (including phenoxy) is 3. The minimum absolute atomic E-state index is 0.0227. The van der Waals surface area contributed by atoms with E-state index in [2.05, 4.69) is 21.1 Å². The smallest absolute Gasteiger partial charge is 0.335 e. The second-order valence-electron chi connectivity index (χ2n) is 3.07. The zero-order chi connectivity index (χ0) is 13.5. The van der Waals surface area contributed by atoms with E-state index in [9.17, 15) is 14.4 Å². The molecule has 0 saturated heterocycles. The van der Waals surface area contributed by atoms with Crippen LogP contribution < -0.4 is 0 Å². The SMILES string of the molecule is [CH2]C(C(=O)OCC)(C(=O)OCC)C(=O)OCC. The molecule has 0 aromatic carbocycles. The van der Waals surface area contributed by atoms with Crippen LogP contribution in [-0.2, 0) is 28.6 Å². The maximum atomic E-state index is 11.6. The van der Waals surface area contributed by atoms with Crippen LogP contribution in [0.5, 0.6) is 0 Å². The van der Waals surface area contributed by atoms with Crippen LogP contribution in [0, 0.1) is 12.3 Å². The Labute approximate surface area is 100 Å². The molecule has 0 bridgehead atoms. The average molecular weight is 245 g/mol. The number of rotatable bonds is 6. The van der Waals surface area contributed by atoms with Crippen molar-refractivity contribution < 1.29 is 28.6 Å². The van der Waals surface area contributed by atoms with Crippen LogP contribution in [0.15, 0.2) is 0 Å². The first-order valence-corrected chi connectivity index (χ1v) is 5.32. The summed E-state index contributed by atoms with van der Waals surface area (Å²) < 4.78 is 13.9. The Morgan fingerprint density at radius 3 is 1.24 bits per heavy atom. The lowest BCUT2D eigenvalue weighted by Crippen LogP contribution is -2.47. The van der Waals surface area contributed by atoms with Crippen molar-refractivity contribution >= 4 is 17.9 Å². The molecule has 0 atom stereocenters. The van der Waals surface area contributed by atoms with Crippen LogP contribution in [0.2, 0.25) is 0 Å². The van der Waals surface area contributed by atoms with Crippen LogP contribution in [0.1, 0.15) is 20.8 Å². The molecule has 0 rings (SSSR count). The molecular weight excluding hydrogens is 228 g/mol. The molecule has 0 aromatic rings. The molecule has 0 aliphatic carbocycles. The topological polar surface area (TPSA) is 78.9 Å². The molecule has 6 heteroatoms. The Bertz CT molecular complexity index is 251. The molecule has 6 nitrogen and oxygen atoms in total. The third-order valence-electron chi connectivity index (χ3n) is 1.87. The Morgan fingerprint density at radius 1 is 0.824 bits per heavy atom. The van der Waals surface area contributed by atoms with Crippen LogP contribution in [0.4, 0.5) is 0 Å². The fourth-order valence-corrected chi connectivity index (χ4v) is 1.01. The summed E-state index contributed by atoms with van der Waals surface area (Å²) >= 11 is 0. The second-order valence-corrected chi connectivity index (χ2v) is 3.07. The number of carbonyl (C=O) groups is 3. The third-order valence-corrected chi connectivity index (χ3v) is 1.87. The van der Waals surface area contributed by atoms with Gasteiger partial charge in [0.2, 0.25) is 0 Å². The molecule has 0 aliphatic heterocycles. The second kappa shape index (κ2) is 6.88. The van der Waals surface area contributed by atoms with Gasteiger partial charge in [0.15, 0.2) is 0 Å². The highest BCUT2D eigenvalue weighted by atomic mass is 16.6. The predicted octanol–water partition coefficient (Wildman–Crippen LogP) is 0.496. The fraction of sp³-hybridized carbons (Fsp3) is 0.636. The van der Waals surface area contributed by atoms with E-state index in [1.54, 1.807) is 20.8 Å². The molecule has 0 spiro atoms. The fourth-order valence-electron chi connectivity index (χ4n) is 1.01. The van der Waals surface area contributed by atoms with Crippen LogP contribution >= 0.6 is 0 Å². The highest BCUT2D eigenvalue weighted by molar-refractivity contribution is 6.18. The summed E-state index contributed by atoms with van der Waals surface area (Å²) in [5.74, 6) is -3.22. The molecule has 0 amide bonds. The Balaban J connectivity index is 5.12. The standard InChI is InChI=1S/C11H17O6/c1-5-15-8(12)11(4,9(13)16-6-2)10(14)17-7-3/h4-7H2,1-3H3. The van der Waals surface area contributed by atoms with Gasteiger partial charge in [-0.3, -0.25) is 14.4 Å². The van der Waals surface area contributed by atoms with Crippen molar-refractivity contribution in [2.24, 2.45) is 5.41 Å². The molecular formula is C11H17O6. The molecule has 0 heterocycles. The zero-order valence-electron chi connectivity index (χ0n) is 10.3. The Kier molecular flexibility index (Phi) is 6.23. The lowest BCUT2D eigenvalue weighted by atomic mass is 9.91. The molecule has 97 valence electrons. The maximum absolute atomic E-state index is 11.6. The zero-order valence-corrected chi connectivity index (χ0v) is 10.3. The Morgan fingerprint density at radius 2 is 1.06 bits per heavy atom. The normalized spacial score (nSPS) is 10.6. The van der Waals surface area contributed by atoms with Gasteiger partial charge in [-0.05, 0) is 27.7 Å². The number of carbonyl (C=O) groups excluding carboxylic acids is 3. The predicted molar refractivity (Wildman–Crippen MR) is 57.7 cm³/mol. The third kappa shape index (κ3) is 3.44. The summed E-state index contributed by atoms with van der Waals surface area (Å²) in [5, 5.41) is 0. The van der Waals surface area contributed by atoms with Gasteiger partial charge in [-0.1, -0.05) is 0 Å². The summed E-state index contributed by atoms with van der Waals surface area (Å²) in [4.78, 5) is 34.8. The molecule has 0 saturated carbocycles. The summed E-state index contributed by atoms with van der Waals surface area (Å²) in [6, 6.07) is 0. The molecule has 0 unspecified atom stereocenters. The van der Waals surface area contributed by atoms with Gasteiger partial charge < -0.3 is 14.2 Å². The van der Waals surface area contributed by atoms with Gasteiger partial charge in [-0.25, -0.2) is 0 Å². The van der Waals surface area contributed by atoms with Crippen molar-refractivity contribution in [1.82, 2.24) is 0 Å². The van der Waals surface area contributed by atoms with Gasteiger partial charge in [0.1, 0.15) is 0 Å². The van der Waals surface area contributed by atoms with E-state index in [1.165, 1.54) is 0 Å². The molecule has 0 aliphatic rings. The van der Waals surface area contributed by atoms with Crippen molar-refractivity contribution in [3.05, 3.63) is 6.92 Å². The minimum atomic E-state index is -2.30. The van der Waals surface area contributed by atoms with E-state index in [1.807, 2.05) is 0 Å². The summed E-state index contributed by atoms with van der Waals surface area (Å²) in [7, 11) is 0. The quantitative estimate of drug-likeness (QED) is 0.385. The van der Waals surface area contributed by atoms with Gasteiger partial charge in [-0.15, -0.1) is 0 Å². The van der Waals surface area contributed by atoms with Crippen LogP contribution in [0.3, 0.4) is 0 Å². The van der Waals surface area contributed by atoms with Gasteiger partial charge in [0.25, 0.3) is 5.41 Å². The van der Waals surface area contributed by atoms with E-state index in [-0.39, 0.29) is 19.8 Å². The maximum Gasteiger partial charge on any atom is 0.335 e. The van der Waals surface area contributed by atoms with E-state index in [0.717, 1.165) is 0 Å². The van der Waals surface area contributed by atoms with Gasteiger partial charge in [-0.2, -0.15) is 0 Å². The van der Waals surface area contributed by atoms with E-state index >= 15 is 0 Å².